The monoisotopic (exact) mass is 465 g/mol. The summed E-state index contributed by atoms with van der Waals surface area (Å²) in [6, 6.07) is 15.9. The first kappa shape index (κ1) is 23.3. The summed E-state index contributed by atoms with van der Waals surface area (Å²) in [5.74, 6) is -2.50. The van der Waals surface area contributed by atoms with Crippen LogP contribution in [-0.4, -0.2) is 54.2 Å². The molecule has 3 amide bonds. The number of carbonyl (C=O) groups is 4. The number of fused-ring (bicyclic) bond motifs is 3. The fraction of sp³-hybridized carbons (Fsp3) is 0.360. The summed E-state index contributed by atoms with van der Waals surface area (Å²) in [5.41, 5.74) is 3.05. The summed E-state index contributed by atoms with van der Waals surface area (Å²) in [6.07, 6.45) is 0.729. The number of aliphatic carboxylic acids is 1. The van der Waals surface area contributed by atoms with Gasteiger partial charge in [0.2, 0.25) is 11.8 Å². The number of carboxylic acids is 1. The average Bonchev–Trinajstić information content (AvgIpc) is 3.64. The van der Waals surface area contributed by atoms with Crippen LogP contribution in [0.2, 0.25) is 0 Å². The smallest absolute Gasteiger partial charge is 0.407 e. The minimum atomic E-state index is -1.35. The first-order valence-corrected chi connectivity index (χ1v) is 11.2. The normalized spacial score (nSPS) is 15.9. The fourth-order valence-corrected chi connectivity index (χ4v) is 4.37. The van der Waals surface area contributed by atoms with Crippen LogP contribution in [0.25, 0.3) is 11.1 Å². The number of carbonyl (C=O) groups excluding carboxylic acids is 3. The molecule has 2 aliphatic rings. The molecule has 0 aromatic heterocycles. The number of ether oxygens (including phenoxy) is 1. The fourth-order valence-electron chi connectivity index (χ4n) is 4.37. The van der Waals surface area contributed by atoms with Crippen LogP contribution in [0.1, 0.15) is 36.8 Å². The van der Waals surface area contributed by atoms with Crippen LogP contribution in [0, 0.1) is 5.92 Å². The lowest BCUT2D eigenvalue weighted by molar-refractivity contribution is -0.147. The maximum atomic E-state index is 12.2. The molecule has 1 atom stereocenters. The van der Waals surface area contributed by atoms with Crippen LogP contribution in [0.3, 0.4) is 0 Å². The van der Waals surface area contributed by atoms with Gasteiger partial charge in [0.1, 0.15) is 18.7 Å². The number of hydrogen-bond acceptors (Lipinski definition) is 5. The molecule has 2 aliphatic carbocycles. The molecule has 2 aromatic carbocycles. The standard InChI is InChI=1S/C25H27N3O6/c1-25(23(31)32,15-10-11-15)28-22(30)13-26-21(29)12-27-24(33)34-14-20-18-8-4-2-6-16(18)17-7-3-5-9-19(17)20/h2-9,15,20H,10-14H2,1H3,(H,26,29)(H,27,33)(H,28,30)(H,31,32). The van der Waals surface area contributed by atoms with Gasteiger partial charge in [0, 0.05) is 5.92 Å². The largest absolute Gasteiger partial charge is 0.480 e. The van der Waals surface area contributed by atoms with Crippen LogP contribution in [-0.2, 0) is 19.1 Å². The van der Waals surface area contributed by atoms with E-state index in [0.717, 1.165) is 35.1 Å². The number of rotatable bonds is 9. The lowest BCUT2D eigenvalue weighted by Crippen LogP contribution is -2.56. The van der Waals surface area contributed by atoms with Crippen molar-refractivity contribution in [3.63, 3.8) is 0 Å². The zero-order chi connectivity index (χ0) is 24.3. The molecule has 9 heteroatoms. The molecule has 1 saturated carbocycles. The number of nitrogens with one attached hydrogen (secondary N) is 3. The summed E-state index contributed by atoms with van der Waals surface area (Å²) in [4.78, 5) is 47.7. The second kappa shape index (κ2) is 9.54. The third-order valence-corrected chi connectivity index (χ3v) is 6.42. The predicted molar refractivity (Wildman–Crippen MR) is 123 cm³/mol. The molecule has 4 rings (SSSR count). The van der Waals surface area contributed by atoms with Crippen LogP contribution < -0.4 is 16.0 Å². The van der Waals surface area contributed by atoms with Crippen molar-refractivity contribution in [3.8, 4) is 11.1 Å². The van der Waals surface area contributed by atoms with Gasteiger partial charge in [-0.05, 0) is 47.9 Å². The Morgan fingerprint density at radius 3 is 2.03 bits per heavy atom. The van der Waals surface area contributed by atoms with Gasteiger partial charge in [-0.25, -0.2) is 9.59 Å². The second-order valence-electron chi connectivity index (χ2n) is 8.79. The molecule has 2 aromatic rings. The highest BCUT2D eigenvalue weighted by molar-refractivity contribution is 5.91. The van der Waals surface area contributed by atoms with Crippen molar-refractivity contribution in [1.29, 1.82) is 0 Å². The first-order valence-electron chi connectivity index (χ1n) is 11.2. The lowest BCUT2D eigenvalue weighted by Gasteiger charge is -2.26. The van der Waals surface area contributed by atoms with Gasteiger partial charge in [-0.1, -0.05) is 48.5 Å². The number of alkyl carbamates (subject to hydrolysis) is 1. The number of hydrogen-bond donors (Lipinski definition) is 4. The maximum Gasteiger partial charge on any atom is 0.407 e. The summed E-state index contributed by atoms with van der Waals surface area (Å²) in [5, 5.41) is 16.6. The van der Waals surface area contributed by atoms with Crippen molar-refractivity contribution in [2.24, 2.45) is 5.92 Å². The number of amides is 3. The number of carboxylic acid groups (broad SMARTS) is 1. The molecule has 4 N–H and O–H groups in total. The van der Waals surface area contributed by atoms with E-state index in [1.54, 1.807) is 0 Å². The van der Waals surface area contributed by atoms with Crippen LogP contribution in [0.5, 0.6) is 0 Å². The lowest BCUT2D eigenvalue weighted by atomic mass is 9.96. The van der Waals surface area contributed by atoms with E-state index < -0.39 is 29.4 Å². The quantitative estimate of drug-likeness (QED) is 0.448. The van der Waals surface area contributed by atoms with Crippen LogP contribution in [0.4, 0.5) is 4.79 Å². The molecule has 0 heterocycles. The van der Waals surface area contributed by atoms with Gasteiger partial charge in [0.15, 0.2) is 0 Å². The highest BCUT2D eigenvalue weighted by Crippen LogP contribution is 2.44. The second-order valence-corrected chi connectivity index (χ2v) is 8.79. The van der Waals surface area contributed by atoms with Crippen molar-refractivity contribution in [2.45, 2.75) is 31.2 Å². The van der Waals surface area contributed by atoms with E-state index in [-0.39, 0.29) is 31.5 Å². The SMILES string of the molecule is CC(NC(=O)CNC(=O)CNC(=O)OCC1c2ccccc2-c2ccccc21)(C(=O)O)C1CC1. The van der Waals surface area contributed by atoms with E-state index in [1.807, 2.05) is 48.5 Å². The van der Waals surface area contributed by atoms with Crippen molar-refractivity contribution in [1.82, 2.24) is 16.0 Å². The molecule has 0 bridgehead atoms. The van der Waals surface area contributed by atoms with E-state index in [4.69, 9.17) is 4.74 Å². The molecule has 0 aliphatic heterocycles. The van der Waals surface area contributed by atoms with E-state index >= 15 is 0 Å². The van der Waals surface area contributed by atoms with E-state index in [9.17, 15) is 24.3 Å². The zero-order valence-electron chi connectivity index (χ0n) is 18.8. The van der Waals surface area contributed by atoms with Crippen molar-refractivity contribution in [2.75, 3.05) is 19.7 Å². The molecular formula is C25H27N3O6. The van der Waals surface area contributed by atoms with Gasteiger partial charge in [0.25, 0.3) is 0 Å². The third-order valence-electron chi connectivity index (χ3n) is 6.42. The molecular weight excluding hydrogens is 438 g/mol. The van der Waals surface area contributed by atoms with Gasteiger partial charge in [-0.15, -0.1) is 0 Å². The first-order chi connectivity index (χ1) is 16.3. The van der Waals surface area contributed by atoms with Gasteiger partial charge in [0.05, 0.1) is 6.54 Å². The van der Waals surface area contributed by atoms with Gasteiger partial charge < -0.3 is 25.8 Å². The highest BCUT2D eigenvalue weighted by Gasteiger charge is 2.48. The third kappa shape index (κ3) is 4.88. The molecule has 178 valence electrons. The highest BCUT2D eigenvalue weighted by atomic mass is 16.5. The zero-order valence-corrected chi connectivity index (χ0v) is 18.8. The van der Waals surface area contributed by atoms with Gasteiger partial charge in [-0.3, -0.25) is 9.59 Å². The molecule has 0 radical (unpaired) electrons. The Bertz CT molecular complexity index is 1080. The summed E-state index contributed by atoms with van der Waals surface area (Å²) in [7, 11) is 0. The van der Waals surface area contributed by atoms with Crippen molar-refractivity contribution < 1.29 is 29.0 Å². The van der Waals surface area contributed by atoms with Gasteiger partial charge in [-0.2, -0.15) is 0 Å². The summed E-state index contributed by atoms with van der Waals surface area (Å²) >= 11 is 0. The Hall–Kier alpha value is -3.88. The summed E-state index contributed by atoms with van der Waals surface area (Å²) < 4.78 is 5.37. The topological polar surface area (TPSA) is 134 Å². The average molecular weight is 466 g/mol. The Kier molecular flexibility index (Phi) is 6.54. The predicted octanol–water partition coefficient (Wildman–Crippen LogP) is 2.01. The van der Waals surface area contributed by atoms with Crippen molar-refractivity contribution in [3.05, 3.63) is 59.7 Å². The Balaban J connectivity index is 1.21. The molecule has 34 heavy (non-hydrogen) atoms. The molecule has 0 spiro atoms. The molecule has 0 saturated heterocycles. The Morgan fingerprint density at radius 2 is 1.47 bits per heavy atom. The minimum absolute atomic E-state index is 0.0920. The summed E-state index contributed by atoms with van der Waals surface area (Å²) in [6.45, 7) is 0.827. The minimum Gasteiger partial charge on any atom is -0.480 e. The Labute approximate surface area is 196 Å². The molecule has 1 fully saturated rings. The Morgan fingerprint density at radius 1 is 0.912 bits per heavy atom. The molecule has 9 nitrogen and oxygen atoms in total. The van der Waals surface area contributed by atoms with E-state index in [0.29, 0.717) is 0 Å². The van der Waals surface area contributed by atoms with Crippen LogP contribution >= 0.6 is 0 Å². The van der Waals surface area contributed by atoms with Crippen LogP contribution in [0.15, 0.2) is 48.5 Å². The maximum absolute atomic E-state index is 12.2. The molecule has 1 unspecified atom stereocenters. The number of benzene rings is 2. The van der Waals surface area contributed by atoms with E-state index in [1.165, 1.54) is 6.92 Å². The van der Waals surface area contributed by atoms with Crippen molar-refractivity contribution >= 4 is 23.9 Å². The van der Waals surface area contributed by atoms with Gasteiger partial charge >= 0.3 is 12.1 Å². The van der Waals surface area contributed by atoms with E-state index in [2.05, 4.69) is 16.0 Å².